The SMILES string of the molecule is CCCn1c(=O)c2c(C)c(C(=O)N3CCC(C)(O)CC3)sc2n(CCC(F)(F)F)c1=O. The Bertz CT molecular complexity index is 1100. The second-order valence-electron chi connectivity index (χ2n) is 8.28. The minimum atomic E-state index is -4.47. The van der Waals surface area contributed by atoms with Gasteiger partial charge in [0.2, 0.25) is 0 Å². The van der Waals surface area contributed by atoms with Gasteiger partial charge in [-0.1, -0.05) is 6.92 Å². The number of fused-ring (bicyclic) bond motifs is 1. The Morgan fingerprint density at radius 2 is 1.77 bits per heavy atom. The highest BCUT2D eigenvalue weighted by atomic mass is 32.1. The number of aliphatic hydroxyl groups is 1. The van der Waals surface area contributed by atoms with Gasteiger partial charge < -0.3 is 10.0 Å². The Morgan fingerprint density at radius 1 is 1.16 bits per heavy atom. The van der Waals surface area contributed by atoms with Crippen LogP contribution < -0.4 is 11.2 Å². The van der Waals surface area contributed by atoms with E-state index in [1.165, 1.54) is 0 Å². The summed E-state index contributed by atoms with van der Waals surface area (Å²) in [5.41, 5.74) is -1.85. The zero-order chi connectivity index (χ0) is 23.1. The van der Waals surface area contributed by atoms with Crippen LogP contribution in [0.25, 0.3) is 10.2 Å². The molecule has 2 aromatic heterocycles. The van der Waals surface area contributed by atoms with Crippen molar-refractivity contribution in [3.63, 3.8) is 0 Å². The number of piperidine rings is 1. The van der Waals surface area contributed by atoms with Crippen LogP contribution in [0.2, 0.25) is 0 Å². The van der Waals surface area contributed by atoms with E-state index < -0.39 is 36.0 Å². The number of likely N-dealkylation sites (tertiary alicyclic amines) is 1. The van der Waals surface area contributed by atoms with Gasteiger partial charge in [0, 0.05) is 26.2 Å². The monoisotopic (exact) mass is 461 g/mol. The first-order valence-corrected chi connectivity index (χ1v) is 11.0. The van der Waals surface area contributed by atoms with Crippen molar-refractivity contribution in [2.75, 3.05) is 13.1 Å². The molecule has 0 unspecified atom stereocenters. The van der Waals surface area contributed by atoms with E-state index >= 15 is 0 Å². The van der Waals surface area contributed by atoms with Crippen LogP contribution in [0.3, 0.4) is 0 Å². The summed E-state index contributed by atoms with van der Waals surface area (Å²) in [6.07, 6.45) is -4.41. The Hall–Kier alpha value is -2.14. The molecule has 0 atom stereocenters. The summed E-state index contributed by atoms with van der Waals surface area (Å²) < 4.78 is 40.5. The van der Waals surface area contributed by atoms with Crippen molar-refractivity contribution in [2.45, 2.75) is 71.3 Å². The van der Waals surface area contributed by atoms with E-state index in [1.807, 2.05) is 0 Å². The second-order valence-corrected chi connectivity index (χ2v) is 9.28. The highest BCUT2D eigenvalue weighted by Gasteiger charge is 2.33. The predicted octanol–water partition coefficient (Wildman–Crippen LogP) is 2.88. The molecule has 172 valence electrons. The minimum absolute atomic E-state index is 0.0827. The number of hydrogen-bond donors (Lipinski definition) is 1. The van der Waals surface area contributed by atoms with Gasteiger partial charge in [-0.05, 0) is 38.7 Å². The lowest BCUT2D eigenvalue weighted by Gasteiger charge is -2.35. The van der Waals surface area contributed by atoms with Gasteiger partial charge in [0.25, 0.3) is 11.5 Å². The van der Waals surface area contributed by atoms with Gasteiger partial charge in [0.05, 0.1) is 22.3 Å². The average molecular weight is 462 g/mol. The lowest BCUT2D eigenvalue weighted by molar-refractivity contribution is -0.136. The van der Waals surface area contributed by atoms with Crippen molar-refractivity contribution >= 4 is 27.5 Å². The summed E-state index contributed by atoms with van der Waals surface area (Å²) in [5.74, 6) is -0.342. The van der Waals surface area contributed by atoms with E-state index in [2.05, 4.69) is 0 Å². The zero-order valence-corrected chi connectivity index (χ0v) is 18.5. The highest BCUT2D eigenvalue weighted by molar-refractivity contribution is 7.20. The van der Waals surface area contributed by atoms with Gasteiger partial charge in [0.1, 0.15) is 4.83 Å². The van der Waals surface area contributed by atoms with E-state index in [-0.39, 0.29) is 27.5 Å². The third kappa shape index (κ3) is 4.72. The molecule has 0 spiro atoms. The number of carbonyl (C=O) groups is 1. The predicted molar refractivity (Wildman–Crippen MR) is 112 cm³/mol. The van der Waals surface area contributed by atoms with Crippen LogP contribution in [0.15, 0.2) is 9.59 Å². The lowest BCUT2D eigenvalue weighted by Crippen LogP contribution is -2.45. The van der Waals surface area contributed by atoms with E-state index in [1.54, 1.807) is 25.7 Å². The molecule has 0 radical (unpaired) electrons. The summed E-state index contributed by atoms with van der Waals surface area (Å²) in [7, 11) is 0. The quantitative estimate of drug-likeness (QED) is 0.742. The van der Waals surface area contributed by atoms with Crippen LogP contribution in [-0.4, -0.2) is 49.9 Å². The third-order valence-corrected chi connectivity index (χ3v) is 6.99. The highest BCUT2D eigenvalue weighted by Crippen LogP contribution is 2.31. The fourth-order valence-electron chi connectivity index (χ4n) is 3.79. The normalized spacial score (nSPS) is 16.8. The topological polar surface area (TPSA) is 84.5 Å². The number of amides is 1. The molecule has 0 aromatic carbocycles. The first kappa shape index (κ1) is 23.5. The van der Waals surface area contributed by atoms with Crippen LogP contribution in [0.4, 0.5) is 13.2 Å². The molecule has 0 aliphatic carbocycles. The van der Waals surface area contributed by atoms with Crippen molar-refractivity contribution in [1.82, 2.24) is 14.0 Å². The lowest BCUT2D eigenvalue weighted by atomic mass is 9.94. The molecule has 1 saturated heterocycles. The Balaban J connectivity index is 2.12. The largest absolute Gasteiger partial charge is 0.390 e. The van der Waals surface area contributed by atoms with Gasteiger partial charge in [-0.25, -0.2) is 4.79 Å². The second kappa shape index (κ2) is 8.42. The molecule has 1 aliphatic heterocycles. The smallest absolute Gasteiger partial charge is 0.390 e. The van der Waals surface area contributed by atoms with Crippen LogP contribution in [0, 0.1) is 6.92 Å². The number of carbonyl (C=O) groups excluding carboxylic acids is 1. The number of nitrogens with zero attached hydrogens (tertiary/aromatic N) is 3. The number of aromatic nitrogens is 2. The standard InChI is InChI=1S/C20H26F3N3O4S/c1-4-8-25-15(27)13-12(2)14(16(28)24-9-5-19(3,30)6-10-24)31-17(13)26(18(25)29)11-7-20(21,22)23/h30H,4-11H2,1-3H3. The molecular formula is C20H26F3N3O4S. The van der Waals surface area contributed by atoms with Crippen LogP contribution >= 0.6 is 11.3 Å². The molecule has 1 N–H and O–H groups in total. The minimum Gasteiger partial charge on any atom is -0.390 e. The number of aryl methyl sites for hydroxylation is 2. The van der Waals surface area contributed by atoms with Gasteiger partial charge in [-0.3, -0.25) is 18.7 Å². The summed E-state index contributed by atoms with van der Waals surface area (Å²) in [6, 6.07) is 0. The van der Waals surface area contributed by atoms with E-state index in [4.69, 9.17) is 0 Å². The molecule has 7 nitrogen and oxygen atoms in total. The molecule has 1 amide bonds. The van der Waals surface area contributed by atoms with Gasteiger partial charge in [-0.2, -0.15) is 13.2 Å². The number of thiophene rings is 1. The van der Waals surface area contributed by atoms with Crippen LogP contribution in [0.5, 0.6) is 0 Å². The van der Waals surface area contributed by atoms with Gasteiger partial charge >= 0.3 is 11.9 Å². The average Bonchev–Trinajstić information content (AvgIpc) is 3.01. The van der Waals surface area contributed by atoms with Crippen molar-refractivity contribution in [2.24, 2.45) is 0 Å². The maximum atomic E-state index is 13.1. The molecule has 1 aliphatic rings. The molecule has 0 bridgehead atoms. The Morgan fingerprint density at radius 3 is 2.32 bits per heavy atom. The number of alkyl halides is 3. The molecule has 1 fully saturated rings. The van der Waals surface area contributed by atoms with Crippen LogP contribution in [-0.2, 0) is 13.1 Å². The Labute approximate surface area is 180 Å². The summed E-state index contributed by atoms with van der Waals surface area (Å²) in [4.78, 5) is 40.8. The van der Waals surface area contributed by atoms with E-state index in [0.29, 0.717) is 37.9 Å². The molecular weight excluding hydrogens is 435 g/mol. The fourth-order valence-corrected chi connectivity index (χ4v) is 5.08. The summed E-state index contributed by atoms with van der Waals surface area (Å²) in [6.45, 7) is 5.18. The number of rotatable bonds is 5. The number of halogens is 3. The molecule has 31 heavy (non-hydrogen) atoms. The first-order chi connectivity index (χ1) is 14.4. The maximum Gasteiger partial charge on any atom is 0.390 e. The van der Waals surface area contributed by atoms with Gasteiger partial charge in [-0.15, -0.1) is 11.3 Å². The number of hydrogen-bond acceptors (Lipinski definition) is 5. The molecule has 0 saturated carbocycles. The van der Waals surface area contributed by atoms with Crippen molar-refractivity contribution in [1.29, 1.82) is 0 Å². The van der Waals surface area contributed by atoms with E-state index in [9.17, 15) is 32.7 Å². The first-order valence-electron chi connectivity index (χ1n) is 10.2. The fraction of sp³-hybridized carbons (Fsp3) is 0.650. The molecule has 11 heteroatoms. The zero-order valence-electron chi connectivity index (χ0n) is 17.7. The van der Waals surface area contributed by atoms with Crippen molar-refractivity contribution < 1.29 is 23.1 Å². The molecule has 2 aromatic rings. The van der Waals surface area contributed by atoms with Crippen molar-refractivity contribution in [3.05, 3.63) is 31.3 Å². The molecule has 3 heterocycles. The maximum absolute atomic E-state index is 13.1. The summed E-state index contributed by atoms with van der Waals surface area (Å²) in [5, 5.41) is 10.2. The summed E-state index contributed by atoms with van der Waals surface area (Å²) >= 11 is 0.886. The third-order valence-electron chi connectivity index (χ3n) is 5.68. The van der Waals surface area contributed by atoms with E-state index in [0.717, 1.165) is 20.5 Å². The van der Waals surface area contributed by atoms with Crippen molar-refractivity contribution in [3.8, 4) is 0 Å². The van der Waals surface area contributed by atoms with Crippen LogP contribution in [0.1, 0.15) is 54.8 Å². The molecule has 3 rings (SSSR count). The van der Waals surface area contributed by atoms with Gasteiger partial charge in [0.15, 0.2) is 0 Å². The Kier molecular flexibility index (Phi) is 6.39.